The zero-order valence-electron chi connectivity index (χ0n) is 3.94. The fraction of sp³-hybridized carbons (Fsp3) is 0. The number of hydrogen-bond acceptors (Lipinski definition) is 0. The van der Waals surface area contributed by atoms with Crippen LogP contribution < -0.4 is 0 Å². The Morgan fingerprint density at radius 3 is 2.00 bits per heavy atom. The molecule has 0 amide bonds. The SMILES string of the molecule is BB(P)C(=C)P. The molecule has 0 aliphatic carbocycles. The first kappa shape index (κ1) is 6.73. The molecule has 0 saturated carbocycles. The van der Waals surface area contributed by atoms with Gasteiger partial charge in [-0.25, -0.2) is 0 Å². The van der Waals surface area contributed by atoms with E-state index >= 15 is 0 Å². The van der Waals surface area contributed by atoms with E-state index in [4.69, 9.17) is 0 Å². The van der Waals surface area contributed by atoms with Gasteiger partial charge in [-0.3, -0.25) is 0 Å². The molecule has 0 aliphatic heterocycles. The van der Waals surface area contributed by atoms with Crippen LogP contribution in [0.4, 0.5) is 0 Å². The highest BCUT2D eigenvalue weighted by Crippen LogP contribution is 2.07. The summed E-state index contributed by atoms with van der Waals surface area (Å²) in [6.45, 7) is 3.70. The van der Waals surface area contributed by atoms with Crippen LogP contribution in [0.5, 0.6) is 0 Å². The smallest absolute Gasteiger partial charge is 0.157 e. The zero-order chi connectivity index (χ0) is 5.15. The molecular weight excluding hydrogens is 108 g/mol. The highest BCUT2D eigenvalue weighted by molar-refractivity contribution is 7.77. The summed E-state index contributed by atoms with van der Waals surface area (Å²) in [5.41, 5.74) is 0. The summed E-state index contributed by atoms with van der Waals surface area (Å²) in [5.74, 6) is 0. The first-order valence-electron chi connectivity index (χ1n) is 1.84. The molecule has 6 heavy (non-hydrogen) atoms. The molecule has 0 bridgehead atoms. The van der Waals surface area contributed by atoms with Crippen molar-refractivity contribution in [2.24, 2.45) is 0 Å². The second-order valence-corrected chi connectivity index (χ2v) is 3.11. The third-order valence-corrected chi connectivity index (χ3v) is 1.92. The molecule has 2 unspecified atom stereocenters. The van der Waals surface area contributed by atoms with Crippen molar-refractivity contribution in [3.63, 3.8) is 0 Å². The van der Waals surface area contributed by atoms with E-state index in [1.54, 1.807) is 0 Å². The van der Waals surface area contributed by atoms with E-state index in [0.717, 1.165) is 5.21 Å². The van der Waals surface area contributed by atoms with Crippen LogP contribution in [0.1, 0.15) is 0 Å². The lowest BCUT2D eigenvalue weighted by Crippen LogP contribution is -1.99. The predicted molar refractivity (Wildman–Crippen MR) is 42.9 cm³/mol. The minimum atomic E-state index is 0.537. The van der Waals surface area contributed by atoms with Crippen LogP contribution in [0.15, 0.2) is 11.8 Å². The van der Waals surface area contributed by atoms with E-state index in [1.165, 1.54) is 0 Å². The van der Waals surface area contributed by atoms with Gasteiger partial charge in [0.05, 0.1) is 7.74 Å². The lowest BCUT2D eigenvalue weighted by molar-refractivity contribution is 2.46. The van der Waals surface area contributed by atoms with Gasteiger partial charge in [-0.15, -0.1) is 15.8 Å². The van der Waals surface area contributed by atoms with Gasteiger partial charge >= 0.3 is 0 Å². The largest absolute Gasteiger partial charge is 0.174 e. The van der Waals surface area contributed by atoms with E-state index in [9.17, 15) is 0 Å². The van der Waals surface area contributed by atoms with Crippen LogP contribution in [0.25, 0.3) is 0 Å². The Kier molecular flexibility index (Phi) is 3.17. The number of rotatable bonds is 1. The molecular formula is C2H8B2P2. The topological polar surface area (TPSA) is 0 Å². The Hall–Kier alpha value is 0.730. The number of hydrogen-bond donors (Lipinski definition) is 0. The normalized spacial score (nSPS) is 7.67. The monoisotopic (exact) mass is 116 g/mol. The van der Waals surface area contributed by atoms with E-state index in [0.29, 0.717) is 6.32 Å². The Labute approximate surface area is 45.0 Å². The van der Waals surface area contributed by atoms with Gasteiger partial charge in [-0.2, -0.15) is 9.12 Å². The molecule has 0 fully saturated rings. The maximum absolute atomic E-state index is 3.70. The maximum atomic E-state index is 3.70. The van der Waals surface area contributed by atoms with Crippen LogP contribution in [-0.2, 0) is 0 Å². The fourth-order valence-corrected chi connectivity index (χ4v) is 0. The van der Waals surface area contributed by atoms with Crippen molar-refractivity contribution in [3.05, 3.63) is 11.8 Å². The first-order valence-corrected chi connectivity index (χ1v) is 3.09. The minimum absolute atomic E-state index is 0.537. The van der Waals surface area contributed by atoms with Crippen molar-refractivity contribution in [1.29, 1.82) is 0 Å². The maximum Gasteiger partial charge on any atom is 0.157 e. The van der Waals surface area contributed by atoms with E-state index in [2.05, 4.69) is 32.7 Å². The lowest BCUT2D eigenvalue weighted by atomic mass is 9.53. The summed E-state index contributed by atoms with van der Waals surface area (Å²) in [5, 5.41) is 1.14. The molecule has 0 saturated heterocycles. The second kappa shape index (κ2) is 2.83. The van der Waals surface area contributed by atoms with Crippen molar-refractivity contribution in [3.8, 4) is 0 Å². The molecule has 0 spiro atoms. The van der Waals surface area contributed by atoms with Crippen LogP contribution in [0, 0.1) is 0 Å². The van der Waals surface area contributed by atoms with E-state index in [-0.39, 0.29) is 0 Å². The minimum Gasteiger partial charge on any atom is -0.174 e. The summed E-state index contributed by atoms with van der Waals surface area (Å²) >= 11 is 0. The Balaban J connectivity index is 3.26. The quantitative estimate of drug-likeness (QED) is 0.331. The molecule has 0 aromatic rings. The molecule has 2 atom stereocenters. The molecule has 32 valence electrons. The summed E-state index contributed by atoms with van der Waals surface area (Å²) in [7, 11) is 7.29. The Morgan fingerprint density at radius 1 is 1.83 bits per heavy atom. The van der Waals surface area contributed by atoms with Crippen molar-refractivity contribution < 1.29 is 0 Å². The molecule has 0 aromatic heterocycles. The summed E-state index contributed by atoms with van der Waals surface area (Å²) in [4.78, 5) is 0. The van der Waals surface area contributed by atoms with Crippen molar-refractivity contribution in [2.45, 2.75) is 0 Å². The van der Waals surface area contributed by atoms with Gasteiger partial charge in [0.2, 0.25) is 0 Å². The molecule has 0 nitrogen and oxygen atoms in total. The van der Waals surface area contributed by atoms with Gasteiger partial charge in [0.15, 0.2) is 6.32 Å². The Morgan fingerprint density at radius 2 is 2.00 bits per heavy atom. The molecule has 0 rings (SSSR count). The van der Waals surface area contributed by atoms with Gasteiger partial charge in [0, 0.05) is 0 Å². The zero-order valence-corrected chi connectivity index (χ0v) is 6.25. The van der Waals surface area contributed by atoms with Gasteiger partial charge in [-0.1, -0.05) is 5.21 Å². The highest BCUT2D eigenvalue weighted by Gasteiger charge is 1.94. The van der Waals surface area contributed by atoms with Crippen molar-refractivity contribution >= 4 is 32.4 Å². The van der Waals surface area contributed by atoms with Gasteiger partial charge in [0.1, 0.15) is 0 Å². The van der Waals surface area contributed by atoms with Crippen LogP contribution in [0.3, 0.4) is 0 Å². The van der Waals surface area contributed by atoms with Gasteiger partial charge in [-0.05, 0) is 0 Å². The van der Waals surface area contributed by atoms with Crippen LogP contribution in [0.2, 0.25) is 0 Å². The second-order valence-electron chi connectivity index (χ2n) is 1.36. The average molecular weight is 116 g/mol. The third kappa shape index (κ3) is 2.94. The average Bonchev–Trinajstić information content (AvgIpc) is 1.36. The summed E-state index contributed by atoms with van der Waals surface area (Å²) in [6.07, 6.45) is 0.537. The molecule has 0 radical (unpaired) electrons. The summed E-state index contributed by atoms with van der Waals surface area (Å²) < 4.78 is 0. The van der Waals surface area contributed by atoms with Crippen LogP contribution in [-0.4, -0.2) is 14.1 Å². The first-order chi connectivity index (χ1) is 2.64. The van der Waals surface area contributed by atoms with Gasteiger partial charge < -0.3 is 0 Å². The predicted octanol–water partition coefficient (Wildman–Crippen LogP) is -0.0892. The van der Waals surface area contributed by atoms with E-state index in [1.807, 2.05) is 0 Å². The van der Waals surface area contributed by atoms with E-state index < -0.39 is 0 Å². The van der Waals surface area contributed by atoms with Crippen molar-refractivity contribution in [2.75, 3.05) is 0 Å². The fourth-order valence-electron chi connectivity index (χ4n) is 0. The van der Waals surface area contributed by atoms with Crippen molar-refractivity contribution in [1.82, 2.24) is 0 Å². The standard InChI is InChI=1S/C2H8B2P2/c1-2(5)4(3)6/h1,3,5-6H2. The van der Waals surface area contributed by atoms with Gasteiger partial charge in [0.25, 0.3) is 0 Å². The Bertz CT molecular complexity index is 60.6. The van der Waals surface area contributed by atoms with Crippen LogP contribution >= 0.6 is 18.4 Å². The summed E-state index contributed by atoms with van der Waals surface area (Å²) in [6, 6.07) is 0. The highest BCUT2D eigenvalue weighted by atomic mass is 31.0. The molecule has 0 N–H and O–H groups in total. The molecule has 0 aliphatic rings. The third-order valence-electron chi connectivity index (χ3n) is 0.585. The lowest BCUT2D eigenvalue weighted by Gasteiger charge is -1.92. The molecule has 0 aromatic carbocycles. The molecule has 4 heteroatoms. The molecule has 0 heterocycles.